The summed E-state index contributed by atoms with van der Waals surface area (Å²) in [6, 6.07) is 5.36. The summed E-state index contributed by atoms with van der Waals surface area (Å²) < 4.78 is 14.1. The topological polar surface area (TPSA) is 18.5 Å². The third-order valence-electron chi connectivity index (χ3n) is 3.19. The Hall–Kier alpha value is -1.13. The van der Waals surface area contributed by atoms with E-state index in [-0.39, 0.29) is 5.82 Å². The van der Waals surface area contributed by atoms with Crippen molar-refractivity contribution in [3.63, 3.8) is 0 Å². The lowest BCUT2D eigenvalue weighted by Crippen LogP contribution is -2.35. The van der Waals surface area contributed by atoms with Gasteiger partial charge in [-0.1, -0.05) is 19.9 Å². The maximum Gasteiger partial charge on any atom is 0.129 e. The zero-order chi connectivity index (χ0) is 15.1. The van der Waals surface area contributed by atoms with Crippen LogP contribution >= 0.6 is 0 Å². The van der Waals surface area contributed by atoms with Gasteiger partial charge in [0.15, 0.2) is 0 Å². The average molecular weight is 281 g/mol. The lowest BCUT2D eigenvalue weighted by molar-refractivity contribution is 0.408. The van der Waals surface area contributed by atoms with Crippen molar-refractivity contribution in [3.8, 4) is 0 Å². The zero-order valence-corrected chi connectivity index (χ0v) is 13.4. The van der Waals surface area contributed by atoms with Crippen molar-refractivity contribution in [2.75, 3.05) is 45.7 Å². The molecule has 1 aromatic carbocycles. The summed E-state index contributed by atoms with van der Waals surface area (Å²) in [5.41, 5.74) is 1.77. The van der Waals surface area contributed by atoms with E-state index >= 15 is 0 Å². The van der Waals surface area contributed by atoms with Crippen molar-refractivity contribution in [3.05, 3.63) is 29.6 Å². The van der Waals surface area contributed by atoms with Gasteiger partial charge in [-0.25, -0.2) is 4.39 Å². The predicted molar refractivity (Wildman–Crippen MR) is 84.8 cm³/mol. The molecule has 0 atom stereocenters. The molecule has 1 N–H and O–H groups in total. The maximum absolute atomic E-state index is 14.1. The molecule has 1 aromatic rings. The first kappa shape index (κ1) is 16.9. The largest absolute Gasteiger partial charge is 0.370 e. The van der Waals surface area contributed by atoms with Crippen molar-refractivity contribution < 1.29 is 4.39 Å². The van der Waals surface area contributed by atoms with Gasteiger partial charge in [-0.15, -0.1) is 0 Å². The third-order valence-corrected chi connectivity index (χ3v) is 3.19. The summed E-state index contributed by atoms with van der Waals surface area (Å²) in [4.78, 5) is 4.45. The van der Waals surface area contributed by atoms with Crippen LogP contribution < -0.4 is 10.2 Å². The van der Waals surface area contributed by atoms with Crippen LogP contribution in [0.1, 0.15) is 19.4 Å². The summed E-state index contributed by atoms with van der Waals surface area (Å²) in [7, 11) is 5.98. The number of nitrogens with one attached hydrogen (secondary N) is 1. The molecule has 0 heterocycles. The van der Waals surface area contributed by atoms with Crippen LogP contribution in [0.2, 0.25) is 0 Å². The standard InChI is InChI=1S/C16H28FN3/c1-13(2)12-20(10-9-19(4)5)16-8-6-7-15(17)14(16)11-18-3/h6-8,13,18H,9-12H2,1-5H3. The molecule has 0 aliphatic heterocycles. The molecule has 0 fully saturated rings. The first-order valence-electron chi connectivity index (χ1n) is 7.27. The number of halogens is 1. The van der Waals surface area contributed by atoms with Crippen molar-refractivity contribution in [1.82, 2.24) is 10.2 Å². The van der Waals surface area contributed by atoms with E-state index in [4.69, 9.17) is 0 Å². The first-order valence-corrected chi connectivity index (χ1v) is 7.27. The molecule has 0 aliphatic carbocycles. The number of likely N-dealkylation sites (N-methyl/N-ethyl adjacent to an activating group) is 1. The van der Waals surface area contributed by atoms with Crippen molar-refractivity contribution in [2.24, 2.45) is 5.92 Å². The van der Waals surface area contributed by atoms with Crippen LogP contribution in [-0.2, 0) is 6.54 Å². The molecule has 0 radical (unpaired) electrons. The minimum Gasteiger partial charge on any atom is -0.370 e. The predicted octanol–water partition coefficient (Wildman–Crippen LogP) is 2.57. The molecule has 0 saturated heterocycles. The van der Waals surface area contributed by atoms with E-state index in [1.165, 1.54) is 6.07 Å². The quantitative estimate of drug-likeness (QED) is 0.790. The Morgan fingerprint density at radius 1 is 1.20 bits per heavy atom. The molecule has 4 heteroatoms. The Morgan fingerprint density at radius 3 is 2.45 bits per heavy atom. The summed E-state index contributed by atoms with van der Waals surface area (Å²) in [6.07, 6.45) is 0. The van der Waals surface area contributed by atoms with Crippen LogP contribution in [0.4, 0.5) is 10.1 Å². The Morgan fingerprint density at radius 2 is 1.90 bits per heavy atom. The summed E-state index contributed by atoms with van der Waals surface area (Å²) >= 11 is 0. The van der Waals surface area contributed by atoms with Crippen LogP contribution in [-0.4, -0.2) is 45.7 Å². The van der Waals surface area contributed by atoms with E-state index in [9.17, 15) is 4.39 Å². The fourth-order valence-electron chi connectivity index (χ4n) is 2.27. The van der Waals surface area contributed by atoms with Gasteiger partial charge < -0.3 is 15.1 Å². The Labute approximate surface area is 122 Å². The van der Waals surface area contributed by atoms with Gasteiger partial charge in [-0.2, -0.15) is 0 Å². The molecule has 0 spiro atoms. The molecule has 0 aliphatic rings. The van der Waals surface area contributed by atoms with E-state index < -0.39 is 0 Å². The van der Waals surface area contributed by atoms with Gasteiger partial charge in [0.25, 0.3) is 0 Å². The molecule has 0 aromatic heterocycles. The van der Waals surface area contributed by atoms with Crippen molar-refractivity contribution in [1.29, 1.82) is 0 Å². The summed E-state index contributed by atoms with van der Waals surface area (Å²) in [5, 5.41) is 3.06. The highest BCUT2D eigenvalue weighted by atomic mass is 19.1. The number of rotatable bonds is 8. The Bertz CT molecular complexity index is 405. The molecule has 3 nitrogen and oxygen atoms in total. The number of anilines is 1. The van der Waals surface area contributed by atoms with E-state index in [0.717, 1.165) is 30.9 Å². The molecule has 0 saturated carbocycles. The van der Waals surface area contributed by atoms with Crippen LogP contribution in [0.25, 0.3) is 0 Å². The van der Waals surface area contributed by atoms with Crippen LogP contribution in [0.3, 0.4) is 0 Å². The lowest BCUT2D eigenvalue weighted by Gasteiger charge is -2.30. The highest BCUT2D eigenvalue weighted by molar-refractivity contribution is 5.54. The molecular weight excluding hydrogens is 253 g/mol. The van der Waals surface area contributed by atoms with Gasteiger partial charge in [-0.05, 0) is 39.2 Å². The molecule has 1 rings (SSSR count). The minimum absolute atomic E-state index is 0.129. The van der Waals surface area contributed by atoms with E-state index in [0.29, 0.717) is 12.5 Å². The van der Waals surface area contributed by atoms with Crippen LogP contribution in [0, 0.1) is 11.7 Å². The van der Waals surface area contributed by atoms with Gasteiger partial charge in [0.2, 0.25) is 0 Å². The second-order valence-electron chi connectivity index (χ2n) is 5.91. The number of nitrogens with zero attached hydrogens (tertiary/aromatic N) is 2. The van der Waals surface area contributed by atoms with Gasteiger partial charge >= 0.3 is 0 Å². The molecular formula is C16H28FN3. The highest BCUT2D eigenvalue weighted by Gasteiger charge is 2.15. The average Bonchev–Trinajstić information content (AvgIpc) is 2.36. The molecule has 20 heavy (non-hydrogen) atoms. The lowest BCUT2D eigenvalue weighted by atomic mass is 10.1. The minimum atomic E-state index is -0.129. The third kappa shape index (κ3) is 5.10. The van der Waals surface area contributed by atoms with Gasteiger partial charge in [0, 0.05) is 37.4 Å². The first-order chi connectivity index (χ1) is 9.45. The molecule has 0 bridgehead atoms. The maximum atomic E-state index is 14.1. The van der Waals surface area contributed by atoms with Crippen molar-refractivity contribution >= 4 is 5.69 Å². The van der Waals surface area contributed by atoms with Crippen molar-refractivity contribution in [2.45, 2.75) is 20.4 Å². The smallest absolute Gasteiger partial charge is 0.129 e. The Kier molecular flexibility index (Phi) is 6.96. The Balaban J connectivity index is 3.02. The van der Waals surface area contributed by atoms with E-state index in [1.54, 1.807) is 6.07 Å². The van der Waals surface area contributed by atoms with E-state index in [2.05, 4.69) is 43.1 Å². The number of hydrogen-bond donors (Lipinski definition) is 1. The summed E-state index contributed by atoms with van der Waals surface area (Å²) in [5.74, 6) is 0.415. The fourth-order valence-corrected chi connectivity index (χ4v) is 2.27. The van der Waals surface area contributed by atoms with E-state index in [1.807, 2.05) is 13.1 Å². The fraction of sp³-hybridized carbons (Fsp3) is 0.625. The zero-order valence-electron chi connectivity index (χ0n) is 13.4. The van der Waals surface area contributed by atoms with Gasteiger partial charge in [-0.3, -0.25) is 0 Å². The number of benzene rings is 1. The van der Waals surface area contributed by atoms with Crippen LogP contribution in [0.5, 0.6) is 0 Å². The second kappa shape index (κ2) is 8.22. The molecule has 0 amide bonds. The molecule has 114 valence electrons. The second-order valence-corrected chi connectivity index (χ2v) is 5.91. The molecule has 0 unspecified atom stereocenters. The highest BCUT2D eigenvalue weighted by Crippen LogP contribution is 2.24. The number of hydrogen-bond acceptors (Lipinski definition) is 3. The monoisotopic (exact) mass is 281 g/mol. The van der Waals surface area contributed by atoms with Crippen LogP contribution in [0.15, 0.2) is 18.2 Å². The van der Waals surface area contributed by atoms with Gasteiger partial charge in [0.05, 0.1) is 0 Å². The summed E-state index contributed by atoms with van der Waals surface area (Å²) in [6.45, 7) is 7.75. The normalized spacial score (nSPS) is 11.4. The SMILES string of the molecule is CNCc1c(F)cccc1N(CCN(C)C)CC(C)C. The van der Waals surface area contributed by atoms with Gasteiger partial charge in [0.1, 0.15) is 5.82 Å².